The van der Waals surface area contributed by atoms with Crippen LogP contribution in [0, 0.1) is 5.92 Å². The molecule has 0 aliphatic rings. The van der Waals surface area contributed by atoms with Gasteiger partial charge < -0.3 is 19.8 Å². The third-order valence-corrected chi connectivity index (χ3v) is 5.38. The molecule has 0 fully saturated rings. The zero-order valence-electron chi connectivity index (χ0n) is 20.3. The Bertz CT molecular complexity index is 1100. The zero-order valence-corrected chi connectivity index (χ0v) is 20.3. The molecule has 35 heavy (non-hydrogen) atoms. The summed E-state index contributed by atoms with van der Waals surface area (Å²) in [6.45, 7) is 5.98. The largest absolute Gasteiger partial charge is 0.445 e. The standard InChI is InChI=1S/C26H32N4O5/c1-4-5-12-19(22(31)25-30-23-21(35-25)13-9-14-27-23)28-24(32)20(15-17(2)3)29-26(33)34-16-18-10-7-6-8-11-18/h6-11,13-14,17,19-20H,4-5,12,15-16H2,1-3H3,(H,28,32)(H,29,33)/t19-,20-/m0/s1. The number of ether oxygens (including phenoxy) is 1. The summed E-state index contributed by atoms with van der Waals surface area (Å²) in [6, 6.07) is 10.9. The van der Waals surface area contributed by atoms with E-state index >= 15 is 0 Å². The van der Waals surface area contributed by atoms with Crippen molar-refractivity contribution in [3.63, 3.8) is 0 Å². The van der Waals surface area contributed by atoms with E-state index in [-0.39, 0.29) is 18.4 Å². The molecule has 2 N–H and O–H groups in total. The molecule has 0 spiro atoms. The second kappa shape index (κ2) is 12.6. The van der Waals surface area contributed by atoms with E-state index in [9.17, 15) is 14.4 Å². The highest BCUT2D eigenvalue weighted by Crippen LogP contribution is 2.16. The van der Waals surface area contributed by atoms with Gasteiger partial charge in [-0.2, -0.15) is 4.98 Å². The number of benzene rings is 1. The third kappa shape index (κ3) is 7.63. The summed E-state index contributed by atoms with van der Waals surface area (Å²) in [5.41, 5.74) is 1.57. The molecular formula is C26H32N4O5. The van der Waals surface area contributed by atoms with E-state index < -0.39 is 29.9 Å². The van der Waals surface area contributed by atoms with Gasteiger partial charge in [-0.3, -0.25) is 9.59 Å². The number of fused-ring (bicyclic) bond motifs is 1. The average molecular weight is 481 g/mol. The molecule has 0 aliphatic heterocycles. The van der Waals surface area contributed by atoms with Crippen molar-refractivity contribution in [1.82, 2.24) is 20.6 Å². The lowest BCUT2D eigenvalue weighted by atomic mass is 10.0. The lowest BCUT2D eigenvalue weighted by molar-refractivity contribution is -0.124. The molecule has 2 atom stereocenters. The normalized spacial score (nSPS) is 12.8. The van der Waals surface area contributed by atoms with E-state index in [4.69, 9.17) is 9.15 Å². The van der Waals surface area contributed by atoms with Crippen molar-refractivity contribution in [3.8, 4) is 0 Å². The van der Waals surface area contributed by atoms with Gasteiger partial charge in [0.1, 0.15) is 12.6 Å². The van der Waals surface area contributed by atoms with Gasteiger partial charge in [0, 0.05) is 6.20 Å². The van der Waals surface area contributed by atoms with Crippen molar-refractivity contribution in [3.05, 3.63) is 60.1 Å². The van der Waals surface area contributed by atoms with Gasteiger partial charge in [-0.25, -0.2) is 9.78 Å². The third-order valence-electron chi connectivity index (χ3n) is 5.38. The van der Waals surface area contributed by atoms with Crippen LogP contribution < -0.4 is 10.6 Å². The predicted octanol–water partition coefficient (Wildman–Crippen LogP) is 4.42. The smallest absolute Gasteiger partial charge is 0.408 e. The molecule has 0 saturated carbocycles. The van der Waals surface area contributed by atoms with Gasteiger partial charge in [0.05, 0.1) is 6.04 Å². The number of ketones is 1. The van der Waals surface area contributed by atoms with E-state index in [1.807, 2.05) is 51.1 Å². The Labute approximate surface area is 204 Å². The Morgan fingerprint density at radius 1 is 1.03 bits per heavy atom. The highest BCUT2D eigenvalue weighted by molar-refractivity contribution is 6.00. The molecule has 3 rings (SSSR count). The van der Waals surface area contributed by atoms with Gasteiger partial charge in [-0.15, -0.1) is 0 Å². The van der Waals surface area contributed by atoms with Crippen LogP contribution in [0.5, 0.6) is 0 Å². The number of Topliss-reactive ketones (excluding diaryl/α,β-unsaturated/α-hetero) is 1. The van der Waals surface area contributed by atoms with Crippen molar-refractivity contribution in [2.24, 2.45) is 5.92 Å². The van der Waals surface area contributed by atoms with E-state index in [1.54, 1.807) is 18.3 Å². The molecule has 9 heteroatoms. The number of alkyl carbamates (subject to hydrolysis) is 1. The van der Waals surface area contributed by atoms with Crippen LogP contribution in [0.25, 0.3) is 11.2 Å². The SMILES string of the molecule is CCCC[C@H](NC(=O)[C@H](CC(C)C)NC(=O)OCc1ccccc1)C(=O)c1nc2ncccc2o1. The van der Waals surface area contributed by atoms with Gasteiger partial charge in [-0.1, -0.05) is 63.9 Å². The van der Waals surface area contributed by atoms with Crippen molar-refractivity contribution in [2.45, 2.75) is 65.1 Å². The van der Waals surface area contributed by atoms with Crippen LogP contribution in [0.3, 0.4) is 0 Å². The number of hydrogen-bond donors (Lipinski definition) is 2. The minimum atomic E-state index is -0.861. The van der Waals surface area contributed by atoms with Crippen molar-refractivity contribution < 1.29 is 23.5 Å². The topological polar surface area (TPSA) is 123 Å². The van der Waals surface area contributed by atoms with Crippen LogP contribution in [-0.4, -0.2) is 39.8 Å². The summed E-state index contributed by atoms with van der Waals surface area (Å²) < 4.78 is 10.9. The number of unbranched alkanes of at least 4 members (excludes halogenated alkanes) is 1. The molecule has 0 saturated heterocycles. The Hall–Kier alpha value is -3.75. The lowest BCUT2D eigenvalue weighted by Crippen LogP contribution is -2.52. The number of carbonyl (C=O) groups is 3. The number of hydrogen-bond acceptors (Lipinski definition) is 7. The van der Waals surface area contributed by atoms with Crippen LogP contribution in [0.15, 0.2) is 53.1 Å². The molecule has 1 aromatic carbocycles. The first-order valence-corrected chi connectivity index (χ1v) is 11.9. The number of nitrogens with one attached hydrogen (secondary N) is 2. The van der Waals surface area contributed by atoms with Crippen LogP contribution in [0.2, 0.25) is 0 Å². The first-order valence-electron chi connectivity index (χ1n) is 11.9. The second-order valence-corrected chi connectivity index (χ2v) is 8.80. The van der Waals surface area contributed by atoms with E-state index in [0.29, 0.717) is 24.1 Å². The number of rotatable bonds is 12. The summed E-state index contributed by atoms with van der Waals surface area (Å²) in [7, 11) is 0. The summed E-state index contributed by atoms with van der Waals surface area (Å²) in [6.07, 6.45) is 3.23. The average Bonchev–Trinajstić information content (AvgIpc) is 3.29. The minimum absolute atomic E-state index is 0.0893. The van der Waals surface area contributed by atoms with Gasteiger partial charge in [0.2, 0.25) is 11.7 Å². The lowest BCUT2D eigenvalue weighted by Gasteiger charge is -2.23. The first kappa shape index (κ1) is 25.9. The summed E-state index contributed by atoms with van der Waals surface area (Å²) >= 11 is 0. The predicted molar refractivity (Wildman–Crippen MR) is 131 cm³/mol. The van der Waals surface area contributed by atoms with Gasteiger partial charge in [0.25, 0.3) is 5.89 Å². The fraction of sp³-hybridized carbons (Fsp3) is 0.423. The highest BCUT2D eigenvalue weighted by Gasteiger charge is 2.30. The number of nitrogens with zero attached hydrogens (tertiary/aromatic N) is 2. The van der Waals surface area contributed by atoms with Crippen LogP contribution >= 0.6 is 0 Å². The highest BCUT2D eigenvalue weighted by atomic mass is 16.5. The van der Waals surface area contributed by atoms with E-state index in [1.165, 1.54) is 0 Å². The number of amides is 2. The quantitative estimate of drug-likeness (QED) is 0.368. The Morgan fingerprint density at radius 3 is 2.49 bits per heavy atom. The number of oxazole rings is 1. The molecule has 2 aromatic heterocycles. The minimum Gasteiger partial charge on any atom is -0.445 e. The van der Waals surface area contributed by atoms with E-state index in [2.05, 4.69) is 20.6 Å². The molecule has 2 amide bonds. The number of carbonyl (C=O) groups excluding carboxylic acids is 3. The summed E-state index contributed by atoms with van der Waals surface area (Å²) in [5.74, 6) is -0.873. The summed E-state index contributed by atoms with van der Waals surface area (Å²) in [4.78, 5) is 47.0. The fourth-order valence-corrected chi connectivity index (χ4v) is 3.58. The Balaban J connectivity index is 1.68. The maximum absolute atomic E-state index is 13.2. The molecule has 9 nitrogen and oxygen atoms in total. The van der Waals surface area contributed by atoms with Crippen molar-refractivity contribution >= 4 is 29.0 Å². The van der Waals surface area contributed by atoms with Gasteiger partial charge >= 0.3 is 6.09 Å². The second-order valence-electron chi connectivity index (χ2n) is 8.80. The van der Waals surface area contributed by atoms with Crippen molar-refractivity contribution in [1.29, 1.82) is 0 Å². The molecule has 186 valence electrons. The van der Waals surface area contributed by atoms with E-state index in [0.717, 1.165) is 18.4 Å². The fourth-order valence-electron chi connectivity index (χ4n) is 3.58. The van der Waals surface area contributed by atoms with Crippen molar-refractivity contribution in [2.75, 3.05) is 0 Å². The molecule has 0 aliphatic carbocycles. The molecule has 3 aromatic rings. The monoisotopic (exact) mass is 480 g/mol. The number of aromatic nitrogens is 2. The molecule has 0 bridgehead atoms. The molecule has 0 unspecified atom stereocenters. The Kier molecular flexibility index (Phi) is 9.34. The molecule has 2 heterocycles. The Morgan fingerprint density at radius 2 is 1.80 bits per heavy atom. The van der Waals surface area contributed by atoms with Gasteiger partial charge in [-0.05, 0) is 36.5 Å². The van der Waals surface area contributed by atoms with Crippen LogP contribution in [-0.2, 0) is 16.1 Å². The molecular weight excluding hydrogens is 448 g/mol. The number of pyridine rings is 1. The maximum atomic E-state index is 13.2. The maximum Gasteiger partial charge on any atom is 0.408 e. The van der Waals surface area contributed by atoms with Crippen LogP contribution in [0.1, 0.15) is 62.7 Å². The molecule has 0 radical (unpaired) electrons. The first-order chi connectivity index (χ1) is 16.9. The zero-order chi connectivity index (χ0) is 25.2. The summed E-state index contributed by atoms with van der Waals surface area (Å²) in [5, 5.41) is 5.45. The van der Waals surface area contributed by atoms with Crippen LogP contribution in [0.4, 0.5) is 4.79 Å². The van der Waals surface area contributed by atoms with Gasteiger partial charge in [0.15, 0.2) is 11.2 Å².